The molecule has 0 spiro atoms. The lowest BCUT2D eigenvalue weighted by molar-refractivity contribution is 0.967. The smallest absolute Gasteiger partial charge is 0.309 e. The molecule has 1 N–H and O–H groups in total. The number of aromatic amines is 1. The fourth-order valence-electron chi connectivity index (χ4n) is 0.747. The van der Waals surface area contributed by atoms with Gasteiger partial charge in [-0.15, -0.1) is 0 Å². The molecule has 0 aliphatic carbocycles. The number of nitrogens with zero attached hydrogens (tertiary/aromatic N) is 2. The van der Waals surface area contributed by atoms with Gasteiger partial charge in [-0.2, -0.15) is 5.26 Å². The molecular formula is C6H7N3O. The van der Waals surface area contributed by atoms with Crippen molar-refractivity contribution in [3.05, 3.63) is 21.9 Å². The molecule has 1 aromatic heterocycles. The second kappa shape index (κ2) is 2.03. The Kier molecular flexibility index (Phi) is 1.34. The number of H-pyrrole nitrogens is 1. The average Bonchev–Trinajstić information content (AvgIpc) is 2.09. The van der Waals surface area contributed by atoms with Crippen LogP contribution in [0.4, 0.5) is 0 Å². The number of aryl methyl sites for hydroxylation is 1. The topological polar surface area (TPSA) is 61.6 Å². The minimum absolute atomic E-state index is 0.363. The second-order valence-corrected chi connectivity index (χ2v) is 2.08. The van der Waals surface area contributed by atoms with E-state index in [4.69, 9.17) is 5.26 Å². The predicted octanol–water partition coefficient (Wildman–Crippen LogP) is 0.122. The zero-order valence-electron chi connectivity index (χ0n) is 5.80. The van der Waals surface area contributed by atoms with E-state index in [1.54, 1.807) is 20.0 Å². The van der Waals surface area contributed by atoms with Crippen LogP contribution in [-0.2, 0) is 0 Å². The van der Waals surface area contributed by atoms with Crippen molar-refractivity contribution in [3.63, 3.8) is 0 Å². The number of hydrogen-bond donors (Lipinski definition) is 1. The molecule has 0 atom stereocenters. The first-order chi connectivity index (χ1) is 4.66. The molecule has 52 valence electrons. The average molecular weight is 137 g/mol. The zero-order valence-corrected chi connectivity index (χ0v) is 5.80. The molecule has 10 heavy (non-hydrogen) atoms. The summed E-state index contributed by atoms with van der Waals surface area (Å²) in [7, 11) is 0. The molecule has 1 rings (SSSR count). The third kappa shape index (κ3) is 0.722. The van der Waals surface area contributed by atoms with E-state index in [9.17, 15) is 4.79 Å². The van der Waals surface area contributed by atoms with E-state index in [1.165, 1.54) is 0 Å². The van der Waals surface area contributed by atoms with E-state index in [0.717, 1.165) is 10.3 Å². The highest BCUT2D eigenvalue weighted by molar-refractivity contribution is 5.12. The molecule has 0 aliphatic rings. The molecule has 0 aliphatic heterocycles. The van der Waals surface area contributed by atoms with Crippen LogP contribution in [0.25, 0.3) is 0 Å². The Balaban J connectivity index is 3.53. The molecule has 4 nitrogen and oxygen atoms in total. The summed E-state index contributed by atoms with van der Waals surface area (Å²) in [5, 5.41) is 8.41. The maximum absolute atomic E-state index is 10.8. The van der Waals surface area contributed by atoms with E-state index >= 15 is 0 Å². The van der Waals surface area contributed by atoms with Gasteiger partial charge in [-0.05, 0) is 13.8 Å². The van der Waals surface area contributed by atoms with Crippen molar-refractivity contribution in [2.45, 2.75) is 13.8 Å². The Labute approximate surface area is 57.7 Å². The molecule has 0 saturated heterocycles. The van der Waals surface area contributed by atoms with E-state index in [2.05, 4.69) is 4.98 Å². The third-order valence-electron chi connectivity index (χ3n) is 1.48. The summed E-state index contributed by atoms with van der Waals surface area (Å²) >= 11 is 0. The Morgan fingerprint density at radius 3 is 2.40 bits per heavy atom. The maximum atomic E-state index is 10.8. The molecule has 0 saturated carbocycles. The summed E-state index contributed by atoms with van der Waals surface area (Å²) in [5.74, 6) is 0. The van der Waals surface area contributed by atoms with Crippen LogP contribution < -0.4 is 5.69 Å². The first-order valence-corrected chi connectivity index (χ1v) is 2.85. The Hall–Kier alpha value is -1.50. The summed E-state index contributed by atoms with van der Waals surface area (Å²) in [6, 6.07) is 0. The summed E-state index contributed by atoms with van der Waals surface area (Å²) < 4.78 is 1.02. The van der Waals surface area contributed by atoms with Crippen molar-refractivity contribution in [3.8, 4) is 6.19 Å². The van der Waals surface area contributed by atoms with Gasteiger partial charge in [-0.25, -0.2) is 9.36 Å². The van der Waals surface area contributed by atoms with Crippen LogP contribution in [0.5, 0.6) is 0 Å². The van der Waals surface area contributed by atoms with Gasteiger partial charge in [-0.3, -0.25) is 0 Å². The fourth-order valence-corrected chi connectivity index (χ4v) is 0.747. The molecule has 0 unspecified atom stereocenters. The van der Waals surface area contributed by atoms with Gasteiger partial charge in [-0.1, -0.05) is 0 Å². The van der Waals surface area contributed by atoms with Crippen LogP contribution >= 0.6 is 0 Å². The van der Waals surface area contributed by atoms with Crippen molar-refractivity contribution < 1.29 is 0 Å². The standard InChI is InChI=1S/C6H7N3O/c1-4-5(2)9(3-7)6(10)8-4/h1-2H3,(H,8,10). The van der Waals surface area contributed by atoms with Crippen molar-refractivity contribution in [1.29, 1.82) is 5.26 Å². The minimum Gasteiger partial charge on any atom is -0.309 e. The quantitative estimate of drug-likeness (QED) is 0.552. The normalized spacial score (nSPS) is 9.30. The van der Waals surface area contributed by atoms with Crippen LogP contribution in [0.1, 0.15) is 11.4 Å². The Morgan fingerprint density at radius 2 is 2.20 bits per heavy atom. The zero-order chi connectivity index (χ0) is 7.72. The number of hydrogen-bond acceptors (Lipinski definition) is 2. The number of rotatable bonds is 0. The fraction of sp³-hybridized carbons (Fsp3) is 0.333. The van der Waals surface area contributed by atoms with Crippen LogP contribution in [0, 0.1) is 25.3 Å². The Morgan fingerprint density at radius 1 is 1.60 bits per heavy atom. The number of imidazole rings is 1. The van der Waals surface area contributed by atoms with Gasteiger partial charge in [0.1, 0.15) is 0 Å². The predicted molar refractivity (Wildman–Crippen MR) is 35.5 cm³/mol. The SMILES string of the molecule is Cc1[nH]c(=O)n(C#N)c1C. The minimum atomic E-state index is -0.363. The van der Waals surface area contributed by atoms with Gasteiger partial charge in [0.25, 0.3) is 0 Å². The van der Waals surface area contributed by atoms with Crippen molar-refractivity contribution in [2.75, 3.05) is 0 Å². The van der Waals surface area contributed by atoms with E-state index in [0.29, 0.717) is 5.69 Å². The van der Waals surface area contributed by atoms with Gasteiger partial charge < -0.3 is 4.98 Å². The molecule has 0 radical (unpaired) electrons. The van der Waals surface area contributed by atoms with Gasteiger partial charge >= 0.3 is 5.69 Å². The van der Waals surface area contributed by atoms with Crippen LogP contribution in [0.2, 0.25) is 0 Å². The van der Waals surface area contributed by atoms with Crippen molar-refractivity contribution >= 4 is 0 Å². The number of nitriles is 1. The summed E-state index contributed by atoms with van der Waals surface area (Å²) in [4.78, 5) is 13.3. The van der Waals surface area contributed by atoms with Gasteiger partial charge in [0.2, 0.25) is 0 Å². The second-order valence-electron chi connectivity index (χ2n) is 2.08. The van der Waals surface area contributed by atoms with Gasteiger partial charge in [0.05, 0.1) is 5.69 Å². The van der Waals surface area contributed by atoms with Crippen LogP contribution in [0.3, 0.4) is 0 Å². The molecule has 4 heteroatoms. The lowest BCUT2D eigenvalue weighted by Crippen LogP contribution is -2.13. The van der Waals surface area contributed by atoms with Crippen LogP contribution in [0.15, 0.2) is 4.79 Å². The summed E-state index contributed by atoms with van der Waals surface area (Å²) in [5.41, 5.74) is 1.05. The molecule has 1 aromatic rings. The molecule has 0 bridgehead atoms. The van der Waals surface area contributed by atoms with Gasteiger partial charge in [0.15, 0.2) is 6.19 Å². The number of aromatic nitrogens is 2. The molecular weight excluding hydrogens is 130 g/mol. The Bertz CT molecular complexity index is 339. The van der Waals surface area contributed by atoms with Gasteiger partial charge in [0, 0.05) is 5.69 Å². The van der Waals surface area contributed by atoms with Crippen molar-refractivity contribution in [2.24, 2.45) is 0 Å². The first kappa shape index (κ1) is 6.62. The van der Waals surface area contributed by atoms with E-state index in [-0.39, 0.29) is 5.69 Å². The highest BCUT2D eigenvalue weighted by Gasteiger charge is 2.03. The molecule has 0 fully saturated rings. The first-order valence-electron chi connectivity index (χ1n) is 2.85. The molecule has 0 aromatic carbocycles. The highest BCUT2D eigenvalue weighted by atomic mass is 16.1. The molecule has 0 amide bonds. The monoisotopic (exact) mass is 137 g/mol. The maximum Gasteiger partial charge on any atom is 0.339 e. The van der Waals surface area contributed by atoms with E-state index in [1.807, 2.05) is 0 Å². The molecule has 1 heterocycles. The lowest BCUT2D eigenvalue weighted by atomic mass is 10.4. The third-order valence-corrected chi connectivity index (χ3v) is 1.48. The van der Waals surface area contributed by atoms with Crippen molar-refractivity contribution in [1.82, 2.24) is 9.55 Å². The lowest BCUT2D eigenvalue weighted by Gasteiger charge is -1.86. The number of nitrogens with one attached hydrogen (secondary N) is 1. The highest BCUT2D eigenvalue weighted by Crippen LogP contribution is 1.96. The van der Waals surface area contributed by atoms with Crippen LogP contribution in [-0.4, -0.2) is 9.55 Å². The largest absolute Gasteiger partial charge is 0.339 e. The summed E-state index contributed by atoms with van der Waals surface area (Å²) in [6.07, 6.45) is 1.76. The van der Waals surface area contributed by atoms with E-state index < -0.39 is 0 Å². The summed E-state index contributed by atoms with van der Waals surface area (Å²) in [6.45, 7) is 3.47.